The summed E-state index contributed by atoms with van der Waals surface area (Å²) < 4.78 is 40.5. The number of methoxy groups -OCH3 is 6. The normalized spacial score (nSPS) is 25.4. The Kier molecular flexibility index (Phi) is 8.80. The van der Waals surface area contributed by atoms with Crippen LogP contribution in [0, 0.1) is 22.7 Å². The number of esters is 2. The summed E-state index contributed by atoms with van der Waals surface area (Å²) in [5, 5.41) is 4.41. The number of aromatic nitrogens is 1. The maximum atomic E-state index is 13.6. The van der Waals surface area contributed by atoms with E-state index < -0.39 is 30.1 Å². The summed E-state index contributed by atoms with van der Waals surface area (Å²) in [7, 11) is 8.87. The molecule has 6 atom stereocenters. The van der Waals surface area contributed by atoms with Gasteiger partial charge in [-0.1, -0.05) is 0 Å². The number of benzene rings is 2. The molecule has 3 aromatic rings. The van der Waals surface area contributed by atoms with Crippen LogP contribution in [0.5, 0.6) is 23.0 Å². The average molecular weight is 638 g/mol. The van der Waals surface area contributed by atoms with Gasteiger partial charge >= 0.3 is 11.9 Å². The Bertz CT molecular complexity index is 1630. The van der Waals surface area contributed by atoms with Gasteiger partial charge in [0.25, 0.3) is 0 Å². The molecule has 2 aliphatic heterocycles. The van der Waals surface area contributed by atoms with E-state index >= 15 is 0 Å². The fourth-order valence-corrected chi connectivity index (χ4v) is 7.97. The van der Waals surface area contributed by atoms with Crippen molar-refractivity contribution in [3.63, 3.8) is 0 Å². The number of fused-ring (bicyclic) bond motifs is 6. The minimum atomic E-state index is -0.756. The molecule has 2 aromatic carbocycles. The number of rotatable bonds is 9. The molecule has 246 valence electrons. The first kappa shape index (κ1) is 31.6. The Morgan fingerprint density at radius 3 is 2.26 bits per heavy atom. The maximum absolute atomic E-state index is 13.6. The third-order valence-corrected chi connectivity index (χ3v) is 9.97. The summed E-state index contributed by atoms with van der Waals surface area (Å²) >= 11 is 0. The summed E-state index contributed by atoms with van der Waals surface area (Å²) in [6.07, 6.45) is 0.320. The molecule has 6 rings (SSSR count). The summed E-state index contributed by atoms with van der Waals surface area (Å²) in [4.78, 5) is 41.7. The van der Waals surface area contributed by atoms with Gasteiger partial charge in [0.1, 0.15) is 18.0 Å². The molecule has 0 amide bonds. The smallest absolute Gasteiger partial charge is 0.338 e. The standard InChI is InChI=1S/C33H39N3O10/c1-40-19-7-8-20-21-9-10-35-16-18-13-27(46-32(37)17-11-25(41-2)30(43-4)26(12-17)42-3)31(44-5)28(33(38)45-6)22(18)15-24(35)29(21)36(34-39)23(20)14-19/h7-8,11-12,14,18,22,24,27-28,31H,9-10,13,15-16H2,1-6H3/t18-,22+,24-,27-,28+,31+/m1/s1. The van der Waals surface area contributed by atoms with Gasteiger partial charge in [0, 0.05) is 31.7 Å². The van der Waals surface area contributed by atoms with E-state index in [0.717, 1.165) is 29.6 Å². The van der Waals surface area contributed by atoms with Crippen LogP contribution in [0.25, 0.3) is 10.9 Å². The molecule has 1 aliphatic carbocycles. The Labute approximate surface area is 266 Å². The highest BCUT2D eigenvalue weighted by Crippen LogP contribution is 2.51. The molecule has 0 radical (unpaired) electrons. The van der Waals surface area contributed by atoms with Gasteiger partial charge in [-0.05, 0) is 60.9 Å². The number of piperidine rings is 1. The quantitative estimate of drug-likeness (QED) is 0.247. The Hall–Kier alpha value is -4.36. The van der Waals surface area contributed by atoms with Crippen LogP contribution < -0.4 is 18.9 Å². The van der Waals surface area contributed by atoms with Crippen molar-refractivity contribution in [2.24, 2.45) is 23.0 Å². The molecule has 46 heavy (non-hydrogen) atoms. The first-order chi connectivity index (χ1) is 22.3. The van der Waals surface area contributed by atoms with Crippen molar-refractivity contribution >= 4 is 22.8 Å². The SMILES string of the molecule is COC(=O)[C@H]1[C@H]2C[C@@H]3c4c(c5ccc(OC)cc5n4N=O)CCN3C[C@H]2C[C@@H](OC(=O)c2cc(OC)c(OC)c(OC)c2)[C@@H]1OC. The fourth-order valence-electron chi connectivity index (χ4n) is 7.97. The van der Waals surface area contributed by atoms with Crippen molar-refractivity contribution in [3.8, 4) is 23.0 Å². The molecule has 13 heteroatoms. The topological polar surface area (TPSA) is 136 Å². The van der Waals surface area contributed by atoms with E-state index in [4.69, 9.17) is 33.2 Å². The van der Waals surface area contributed by atoms with Crippen LogP contribution in [0.15, 0.2) is 35.6 Å². The minimum absolute atomic E-state index is 0.00634. The zero-order chi connectivity index (χ0) is 32.7. The highest BCUT2D eigenvalue weighted by molar-refractivity contribution is 5.91. The minimum Gasteiger partial charge on any atom is -0.497 e. The van der Waals surface area contributed by atoms with Crippen LogP contribution in [0.2, 0.25) is 0 Å². The van der Waals surface area contributed by atoms with Crippen molar-refractivity contribution in [3.05, 3.63) is 52.1 Å². The number of nitrogens with zero attached hydrogens (tertiary/aromatic N) is 3. The van der Waals surface area contributed by atoms with Gasteiger partial charge in [0.2, 0.25) is 5.75 Å². The fraction of sp³-hybridized carbons (Fsp3) is 0.515. The van der Waals surface area contributed by atoms with Crippen molar-refractivity contribution in [1.82, 2.24) is 9.58 Å². The van der Waals surface area contributed by atoms with Gasteiger partial charge in [-0.3, -0.25) is 9.69 Å². The highest BCUT2D eigenvalue weighted by atomic mass is 16.6. The van der Waals surface area contributed by atoms with Crippen molar-refractivity contribution < 1.29 is 42.7 Å². The Morgan fingerprint density at radius 1 is 0.913 bits per heavy atom. The lowest BCUT2D eigenvalue weighted by molar-refractivity contribution is -0.176. The molecule has 2 fully saturated rings. The summed E-state index contributed by atoms with van der Waals surface area (Å²) in [6, 6.07) is 8.60. The maximum Gasteiger partial charge on any atom is 0.338 e. The molecule has 13 nitrogen and oxygen atoms in total. The van der Waals surface area contributed by atoms with E-state index in [1.807, 2.05) is 18.2 Å². The van der Waals surface area contributed by atoms with E-state index in [1.54, 1.807) is 7.11 Å². The molecular formula is C33H39N3O10. The number of hydrogen-bond donors (Lipinski definition) is 0. The lowest BCUT2D eigenvalue weighted by atomic mass is 9.63. The van der Waals surface area contributed by atoms with Gasteiger partial charge in [-0.25, -0.2) is 4.79 Å². The number of carbonyl (C=O) groups excluding carboxylic acids is 2. The summed E-state index contributed by atoms with van der Waals surface area (Å²) in [5.41, 5.74) is 2.84. The molecule has 0 unspecified atom stereocenters. The number of ether oxygens (including phenoxy) is 7. The molecule has 1 saturated heterocycles. The first-order valence-electron chi connectivity index (χ1n) is 15.2. The monoisotopic (exact) mass is 637 g/mol. The second kappa shape index (κ2) is 12.8. The van der Waals surface area contributed by atoms with E-state index in [1.165, 1.54) is 52.4 Å². The lowest BCUT2D eigenvalue weighted by Crippen LogP contribution is -2.58. The highest BCUT2D eigenvalue weighted by Gasteiger charge is 2.55. The lowest BCUT2D eigenvalue weighted by Gasteiger charge is -2.52. The summed E-state index contributed by atoms with van der Waals surface area (Å²) in [6.45, 7) is 1.41. The van der Waals surface area contributed by atoms with Crippen LogP contribution in [0.1, 0.15) is 40.5 Å². The van der Waals surface area contributed by atoms with E-state index in [9.17, 15) is 14.5 Å². The van der Waals surface area contributed by atoms with E-state index in [2.05, 4.69) is 10.2 Å². The first-order valence-corrected chi connectivity index (χ1v) is 15.2. The van der Waals surface area contributed by atoms with Crippen LogP contribution in [0.4, 0.5) is 0 Å². The zero-order valence-electron chi connectivity index (χ0n) is 26.8. The molecule has 3 heterocycles. The third kappa shape index (κ3) is 5.11. The molecular weight excluding hydrogens is 598 g/mol. The van der Waals surface area contributed by atoms with Crippen LogP contribution in [-0.2, 0) is 25.4 Å². The van der Waals surface area contributed by atoms with Crippen molar-refractivity contribution in [1.29, 1.82) is 0 Å². The predicted molar refractivity (Wildman–Crippen MR) is 166 cm³/mol. The van der Waals surface area contributed by atoms with Crippen molar-refractivity contribution in [2.75, 3.05) is 55.7 Å². The molecule has 3 aliphatic rings. The second-order valence-electron chi connectivity index (χ2n) is 11.9. The largest absolute Gasteiger partial charge is 0.497 e. The number of nitroso groups, excluding NO2 is 1. The third-order valence-electron chi connectivity index (χ3n) is 9.97. The summed E-state index contributed by atoms with van der Waals surface area (Å²) in [5.74, 6) is -0.288. The predicted octanol–water partition coefficient (Wildman–Crippen LogP) is 4.17. The molecule has 1 aromatic heterocycles. The average Bonchev–Trinajstić information content (AvgIpc) is 3.42. The van der Waals surface area contributed by atoms with Gasteiger partial charge in [-0.2, -0.15) is 4.68 Å². The molecule has 0 spiro atoms. The molecule has 0 bridgehead atoms. The Balaban J connectivity index is 1.33. The van der Waals surface area contributed by atoms with Gasteiger partial charge in [-0.15, -0.1) is 4.91 Å². The van der Waals surface area contributed by atoms with Gasteiger partial charge in [0.15, 0.2) is 11.5 Å². The van der Waals surface area contributed by atoms with Crippen LogP contribution >= 0.6 is 0 Å². The number of carbonyl (C=O) groups is 2. The molecule has 1 saturated carbocycles. The molecule has 0 N–H and O–H groups in total. The van der Waals surface area contributed by atoms with Crippen LogP contribution in [0.3, 0.4) is 0 Å². The zero-order valence-corrected chi connectivity index (χ0v) is 26.8. The van der Waals surface area contributed by atoms with E-state index in [0.29, 0.717) is 47.9 Å². The second-order valence-corrected chi connectivity index (χ2v) is 11.9. The Morgan fingerprint density at radius 2 is 1.65 bits per heavy atom. The van der Waals surface area contributed by atoms with Crippen LogP contribution in [-0.4, -0.2) is 89.5 Å². The van der Waals surface area contributed by atoms with Crippen molar-refractivity contribution in [2.45, 2.75) is 37.5 Å². The number of hydrogen-bond acceptors (Lipinski definition) is 12. The van der Waals surface area contributed by atoms with Gasteiger partial charge < -0.3 is 33.2 Å². The van der Waals surface area contributed by atoms with E-state index in [-0.39, 0.29) is 23.4 Å². The van der Waals surface area contributed by atoms with Gasteiger partial charge in [0.05, 0.1) is 69.6 Å².